The molecule has 0 bridgehead atoms. The fourth-order valence-corrected chi connectivity index (χ4v) is 3.52. The van der Waals surface area contributed by atoms with Crippen LogP contribution in [0.4, 0.5) is 5.69 Å². The standard InChI is InChI=1S/C16H21N3S/c1-3-20-10-12(2)19-11-17-9-15(19)14-6-4-5-13-7-8-18-16(13)14/h4-6,9,11-12,18H,3,7-8,10H2,1-2H3. The minimum atomic E-state index is 0.467. The van der Waals surface area contributed by atoms with Gasteiger partial charge in [0.2, 0.25) is 0 Å². The summed E-state index contributed by atoms with van der Waals surface area (Å²) in [6, 6.07) is 7.04. The van der Waals surface area contributed by atoms with Gasteiger partial charge in [-0.15, -0.1) is 0 Å². The second-order valence-corrected chi connectivity index (χ2v) is 6.53. The molecule has 1 aromatic heterocycles. The highest BCUT2D eigenvalue weighted by Gasteiger charge is 2.18. The predicted octanol–water partition coefficient (Wildman–Crippen LogP) is 3.83. The van der Waals surface area contributed by atoms with Crippen molar-refractivity contribution in [2.24, 2.45) is 0 Å². The minimum absolute atomic E-state index is 0.467. The molecule has 4 heteroatoms. The molecule has 3 rings (SSSR count). The fourth-order valence-electron chi connectivity index (χ4n) is 2.79. The number of nitrogens with one attached hydrogen (secondary N) is 1. The molecule has 1 atom stereocenters. The highest BCUT2D eigenvalue weighted by atomic mass is 32.2. The van der Waals surface area contributed by atoms with Crippen molar-refractivity contribution >= 4 is 17.4 Å². The molecular weight excluding hydrogens is 266 g/mol. The van der Waals surface area contributed by atoms with Gasteiger partial charge in [0.1, 0.15) is 0 Å². The fraction of sp³-hybridized carbons (Fsp3) is 0.438. The molecule has 0 radical (unpaired) electrons. The molecule has 1 aliphatic heterocycles. The van der Waals surface area contributed by atoms with Crippen molar-refractivity contribution in [1.82, 2.24) is 9.55 Å². The summed E-state index contributed by atoms with van der Waals surface area (Å²) in [6.45, 7) is 5.52. The average molecular weight is 287 g/mol. The van der Waals surface area contributed by atoms with E-state index in [1.54, 1.807) is 0 Å². The Bertz CT molecular complexity index is 591. The molecule has 106 valence electrons. The van der Waals surface area contributed by atoms with Gasteiger partial charge in [-0.2, -0.15) is 11.8 Å². The molecule has 0 aliphatic carbocycles. The van der Waals surface area contributed by atoms with E-state index in [-0.39, 0.29) is 0 Å². The number of anilines is 1. The van der Waals surface area contributed by atoms with Crippen LogP contribution in [0.25, 0.3) is 11.3 Å². The average Bonchev–Trinajstić information content (AvgIpc) is 3.12. The first-order valence-electron chi connectivity index (χ1n) is 7.27. The number of aromatic nitrogens is 2. The van der Waals surface area contributed by atoms with Crippen molar-refractivity contribution in [3.05, 3.63) is 36.3 Å². The number of para-hydroxylation sites is 1. The molecule has 1 unspecified atom stereocenters. The summed E-state index contributed by atoms with van der Waals surface area (Å²) in [6.07, 6.45) is 5.08. The van der Waals surface area contributed by atoms with Gasteiger partial charge in [-0.3, -0.25) is 0 Å². The first-order valence-corrected chi connectivity index (χ1v) is 8.42. The molecule has 0 saturated carbocycles. The van der Waals surface area contributed by atoms with Gasteiger partial charge < -0.3 is 9.88 Å². The lowest BCUT2D eigenvalue weighted by molar-refractivity contribution is 0.615. The Balaban J connectivity index is 1.96. The normalized spacial score (nSPS) is 14.9. The molecule has 0 saturated heterocycles. The number of fused-ring (bicyclic) bond motifs is 1. The third-order valence-corrected chi connectivity index (χ3v) is 4.95. The summed E-state index contributed by atoms with van der Waals surface area (Å²) >= 11 is 1.98. The lowest BCUT2D eigenvalue weighted by atomic mass is 10.1. The molecule has 0 fully saturated rings. The van der Waals surface area contributed by atoms with Crippen LogP contribution in [-0.4, -0.2) is 27.6 Å². The Morgan fingerprint density at radius 3 is 3.20 bits per heavy atom. The topological polar surface area (TPSA) is 29.9 Å². The maximum Gasteiger partial charge on any atom is 0.0953 e. The van der Waals surface area contributed by atoms with Crippen LogP contribution in [0.5, 0.6) is 0 Å². The molecular formula is C16H21N3S. The molecule has 2 heterocycles. The van der Waals surface area contributed by atoms with Crippen LogP contribution in [0.2, 0.25) is 0 Å². The van der Waals surface area contributed by atoms with Gasteiger partial charge in [0.05, 0.1) is 18.2 Å². The number of benzene rings is 1. The molecule has 0 amide bonds. The van der Waals surface area contributed by atoms with Crippen LogP contribution >= 0.6 is 11.8 Å². The third kappa shape index (κ3) is 2.44. The first kappa shape index (κ1) is 13.6. The molecule has 0 spiro atoms. The quantitative estimate of drug-likeness (QED) is 0.906. The highest BCUT2D eigenvalue weighted by Crippen LogP contribution is 2.35. The SMILES string of the molecule is CCSCC(C)n1cncc1-c1cccc2c1NCC2. The van der Waals surface area contributed by atoms with Crippen molar-refractivity contribution < 1.29 is 0 Å². The number of hydrogen-bond donors (Lipinski definition) is 1. The smallest absolute Gasteiger partial charge is 0.0953 e. The first-order chi connectivity index (χ1) is 9.81. The lowest BCUT2D eigenvalue weighted by Crippen LogP contribution is -2.08. The molecule has 20 heavy (non-hydrogen) atoms. The van der Waals surface area contributed by atoms with Crippen LogP contribution in [0.1, 0.15) is 25.5 Å². The van der Waals surface area contributed by atoms with Gasteiger partial charge in [0.25, 0.3) is 0 Å². The maximum absolute atomic E-state index is 4.38. The zero-order valence-electron chi connectivity index (χ0n) is 12.1. The van der Waals surface area contributed by atoms with E-state index in [2.05, 4.69) is 46.9 Å². The van der Waals surface area contributed by atoms with E-state index in [4.69, 9.17) is 0 Å². The molecule has 1 N–H and O–H groups in total. The molecule has 3 nitrogen and oxygen atoms in total. The zero-order valence-corrected chi connectivity index (χ0v) is 12.9. The van der Waals surface area contributed by atoms with Crippen LogP contribution in [0.15, 0.2) is 30.7 Å². The van der Waals surface area contributed by atoms with Gasteiger partial charge in [-0.05, 0) is 24.7 Å². The van der Waals surface area contributed by atoms with Gasteiger partial charge in [-0.25, -0.2) is 4.98 Å². The van der Waals surface area contributed by atoms with Crippen LogP contribution in [0.3, 0.4) is 0 Å². The number of rotatable bonds is 5. The Hall–Kier alpha value is -1.42. The van der Waals surface area contributed by atoms with Crippen molar-refractivity contribution in [1.29, 1.82) is 0 Å². The van der Waals surface area contributed by atoms with Crippen molar-refractivity contribution in [3.8, 4) is 11.3 Å². The number of thioether (sulfide) groups is 1. The van der Waals surface area contributed by atoms with Crippen LogP contribution < -0.4 is 5.32 Å². The summed E-state index contributed by atoms with van der Waals surface area (Å²) in [5, 5.41) is 3.52. The van der Waals surface area contributed by atoms with Crippen molar-refractivity contribution in [3.63, 3.8) is 0 Å². The Labute approximate surface area is 124 Å². The van der Waals surface area contributed by atoms with Crippen LogP contribution in [0, 0.1) is 0 Å². The molecule has 1 aliphatic rings. The third-order valence-electron chi connectivity index (χ3n) is 3.83. The monoisotopic (exact) mass is 287 g/mol. The lowest BCUT2D eigenvalue weighted by Gasteiger charge is -2.17. The van der Waals surface area contributed by atoms with E-state index in [0.29, 0.717) is 6.04 Å². The Morgan fingerprint density at radius 1 is 1.45 bits per heavy atom. The summed E-state index contributed by atoms with van der Waals surface area (Å²) in [5.74, 6) is 2.29. The summed E-state index contributed by atoms with van der Waals surface area (Å²) in [4.78, 5) is 4.38. The maximum atomic E-state index is 4.38. The predicted molar refractivity (Wildman–Crippen MR) is 87.6 cm³/mol. The highest BCUT2D eigenvalue weighted by molar-refractivity contribution is 7.99. The van der Waals surface area contributed by atoms with E-state index in [1.165, 1.54) is 22.5 Å². The van der Waals surface area contributed by atoms with Crippen molar-refractivity contribution in [2.75, 3.05) is 23.4 Å². The van der Waals surface area contributed by atoms with E-state index in [1.807, 2.05) is 24.3 Å². The second kappa shape index (κ2) is 5.92. The second-order valence-electron chi connectivity index (χ2n) is 5.21. The van der Waals surface area contributed by atoms with Gasteiger partial charge in [0.15, 0.2) is 0 Å². The van der Waals surface area contributed by atoms with E-state index in [0.717, 1.165) is 24.5 Å². The number of nitrogens with zero attached hydrogens (tertiary/aromatic N) is 2. The van der Waals surface area contributed by atoms with Gasteiger partial charge >= 0.3 is 0 Å². The minimum Gasteiger partial charge on any atom is -0.384 e. The van der Waals surface area contributed by atoms with E-state index in [9.17, 15) is 0 Å². The van der Waals surface area contributed by atoms with Gasteiger partial charge in [0, 0.05) is 29.6 Å². The summed E-state index contributed by atoms with van der Waals surface area (Å²) in [7, 11) is 0. The summed E-state index contributed by atoms with van der Waals surface area (Å²) < 4.78 is 2.30. The Kier molecular flexibility index (Phi) is 4.01. The molecule has 2 aromatic rings. The molecule has 1 aromatic carbocycles. The zero-order chi connectivity index (χ0) is 13.9. The number of hydrogen-bond acceptors (Lipinski definition) is 3. The van der Waals surface area contributed by atoms with E-state index >= 15 is 0 Å². The van der Waals surface area contributed by atoms with Gasteiger partial charge in [-0.1, -0.05) is 25.1 Å². The van der Waals surface area contributed by atoms with E-state index < -0.39 is 0 Å². The largest absolute Gasteiger partial charge is 0.384 e. The Morgan fingerprint density at radius 2 is 2.35 bits per heavy atom. The number of imidazole rings is 1. The summed E-state index contributed by atoms with van der Waals surface area (Å²) in [5.41, 5.74) is 5.22. The van der Waals surface area contributed by atoms with Crippen molar-refractivity contribution in [2.45, 2.75) is 26.3 Å². The van der Waals surface area contributed by atoms with Crippen LogP contribution in [-0.2, 0) is 6.42 Å².